The van der Waals surface area contributed by atoms with Gasteiger partial charge < -0.3 is 0 Å². The Morgan fingerprint density at radius 2 is 2.50 bits per heavy atom. The molecule has 12 heavy (non-hydrogen) atoms. The Balaban J connectivity index is 2.65. The molecule has 2 N–H and O–H groups in total. The topological polar surface area (TPSA) is 76.0 Å². The molecule has 0 radical (unpaired) electrons. The highest BCUT2D eigenvalue weighted by Gasteiger charge is 2.07. The van der Waals surface area contributed by atoms with Gasteiger partial charge in [-0.25, -0.2) is 0 Å². The van der Waals surface area contributed by atoms with Crippen LogP contribution in [0.3, 0.4) is 0 Å². The third kappa shape index (κ3) is 1.60. The van der Waals surface area contributed by atoms with Crippen LogP contribution in [-0.2, 0) is 11.8 Å². The average molecular weight is 168 g/mol. The molecule has 2 amide bonds. The first-order valence-corrected chi connectivity index (χ1v) is 3.23. The third-order valence-electron chi connectivity index (χ3n) is 1.30. The number of hydrogen-bond acceptors (Lipinski definition) is 3. The van der Waals surface area contributed by atoms with E-state index in [1.807, 2.05) is 5.43 Å². The van der Waals surface area contributed by atoms with Crippen molar-refractivity contribution in [2.24, 2.45) is 7.05 Å². The molecule has 1 rings (SSSR count). The molecule has 0 aliphatic carbocycles. The summed E-state index contributed by atoms with van der Waals surface area (Å²) in [6, 6.07) is 1.54. The second-order valence-electron chi connectivity index (χ2n) is 2.06. The predicted octanol–water partition coefficient (Wildman–Crippen LogP) is -1.19. The van der Waals surface area contributed by atoms with Crippen molar-refractivity contribution in [3.63, 3.8) is 0 Å². The lowest BCUT2D eigenvalue weighted by molar-refractivity contribution is -0.110. The number of rotatable bonds is 3. The van der Waals surface area contributed by atoms with Crippen molar-refractivity contribution in [1.29, 1.82) is 0 Å². The van der Waals surface area contributed by atoms with E-state index in [9.17, 15) is 9.59 Å². The smallest absolute Gasteiger partial charge is 0.277 e. The molecule has 1 aromatic heterocycles. The van der Waals surface area contributed by atoms with Crippen molar-refractivity contribution in [2.75, 3.05) is 0 Å². The van der Waals surface area contributed by atoms with Crippen LogP contribution in [0.2, 0.25) is 0 Å². The third-order valence-corrected chi connectivity index (χ3v) is 1.30. The van der Waals surface area contributed by atoms with E-state index in [-0.39, 0.29) is 0 Å². The number of carbonyl (C=O) groups excluding carboxylic acids is 2. The maximum atomic E-state index is 11.1. The Morgan fingerprint density at radius 3 is 3.00 bits per heavy atom. The zero-order valence-electron chi connectivity index (χ0n) is 6.44. The number of nitrogens with one attached hydrogen (secondary N) is 2. The zero-order valence-corrected chi connectivity index (χ0v) is 6.44. The number of amides is 2. The van der Waals surface area contributed by atoms with Gasteiger partial charge in [-0.2, -0.15) is 5.10 Å². The minimum absolute atomic E-state index is 0.379. The van der Waals surface area contributed by atoms with Gasteiger partial charge in [-0.3, -0.25) is 25.1 Å². The van der Waals surface area contributed by atoms with Crippen LogP contribution < -0.4 is 10.9 Å². The fourth-order valence-corrected chi connectivity index (χ4v) is 0.756. The van der Waals surface area contributed by atoms with E-state index >= 15 is 0 Å². The van der Waals surface area contributed by atoms with E-state index in [1.165, 1.54) is 10.9 Å². The van der Waals surface area contributed by atoms with E-state index < -0.39 is 5.91 Å². The molecule has 0 spiro atoms. The monoisotopic (exact) mass is 168 g/mol. The summed E-state index contributed by atoms with van der Waals surface area (Å²) in [4.78, 5) is 20.9. The highest BCUT2D eigenvalue weighted by molar-refractivity contribution is 5.92. The average Bonchev–Trinajstić information content (AvgIpc) is 2.47. The van der Waals surface area contributed by atoms with E-state index in [0.29, 0.717) is 12.1 Å². The first-order valence-electron chi connectivity index (χ1n) is 3.23. The van der Waals surface area contributed by atoms with Gasteiger partial charge in [0.1, 0.15) is 5.69 Å². The SMILES string of the molecule is Cn1nccc1C(=O)NNC=O. The molecule has 0 aromatic carbocycles. The van der Waals surface area contributed by atoms with Crippen LogP contribution >= 0.6 is 0 Å². The van der Waals surface area contributed by atoms with Crippen molar-refractivity contribution >= 4 is 12.3 Å². The Morgan fingerprint density at radius 1 is 1.75 bits per heavy atom. The Labute approximate surface area is 68.5 Å². The summed E-state index contributed by atoms with van der Waals surface area (Å²) >= 11 is 0. The van der Waals surface area contributed by atoms with Crippen LogP contribution in [0.5, 0.6) is 0 Å². The van der Waals surface area contributed by atoms with Gasteiger partial charge in [-0.1, -0.05) is 0 Å². The number of aromatic nitrogens is 2. The van der Waals surface area contributed by atoms with Gasteiger partial charge in [0.2, 0.25) is 6.41 Å². The van der Waals surface area contributed by atoms with Crippen molar-refractivity contribution in [2.45, 2.75) is 0 Å². The van der Waals surface area contributed by atoms with E-state index in [2.05, 4.69) is 10.5 Å². The van der Waals surface area contributed by atoms with Crippen LogP contribution in [0.4, 0.5) is 0 Å². The van der Waals surface area contributed by atoms with Crippen molar-refractivity contribution in [3.05, 3.63) is 18.0 Å². The van der Waals surface area contributed by atoms with Crippen LogP contribution in [0.25, 0.3) is 0 Å². The number of hydrogen-bond donors (Lipinski definition) is 2. The van der Waals surface area contributed by atoms with E-state index in [0.717, 1.165) is 0 Å². The predicted molar refractivity (Wildman–Crippen MR) is 39.9 cm³/mol. The van der Waals surface area contributed by atoms with E-state index in [4.69, 9.17) is 0 Å². The normalized spacial score (nSPS) is 9.08. The molecular formula is C6H8N4O2. The Hall–Kier alpha value is -1.85. The highest BCUT2D eigenvalue weighted by Crippen LogP contribution is 1.93. The maximum absolute atomic E-state index is 11.1. The summed E-state index contributed by atoms with van der Waals surface area (Å²) in [6.07, 6.45) is 1.88. The molecule has 6 nitrogen and oxygen atoms in total. The standard InChI is InChI=1S/C6H8N4O2/c1-10-5(2-3-8-10)6(12)9-7-4-11/h2-4H,1H3,(H,7,11)(H,9,12). The lowest BCUT2D eigenvalue weighted by Crippen LogP contribution is -2.37. The second kappa shape index (κ2) is 3.51. The summed E-state index contributed by atoms with van der Waals surface area (Å²) in [7, 11) is 1.63. The molecule has 0 saturated carbocycles. The molecule has 1 aromatic rings. The van der Waals surface area contributed by atoms with Crippen LogP contribution in [-0.4, -0.2) is 22.1 Å². The molecule has 0 aliphatic rings. The fraction of sp³-hybridized carbons (Fsp3) is 0.167. The summed E-state index contributed by atoms with van der Waals surface area (Å²) in [6.45, 7) is 0. The molecule has 0 aliphatic heterocycles. The molecule has 1 heterocycles. The molecule has 64 valence electrons. The Kier molecular flexibility index (Phi) is 2.42. The fourth-order valence-electron chi connectivity index (χ4n) is 0.756. The Bertz CT molecular complexity index is 293. The summed E-state index contributed by atoms with van der Waals surface area (Å²) in [5.41, 5.74) is 4.58. The lowest BCUT2D eigenvalue weighted by atomic mass is 10.4. The maximum Gasteiger partial charge on any atom is 0.287 e. The largest absolute Gasteiger partial charge is 0.287 e. The van der Waals surface area contributed by atoms with Gasteiger partial charge in [-0.15, -0.1) is 0 Å². The number of carbonyl (C=O) groups is 2. The van der Waals surface area contributed by atoms with Gasteiger partial charge in [0.25, 0.3) is 5.91 Å². The summed E-state index contributed by atoms with van der Waals surface area (Å²) in [5.74, 6) is -0.401. The molecule has 0 unspecified atom stereocenters. The minimum Gasteiger partial charge on any atom is -0.277 e. The van der Waals surface area contributed by atoms with Crippen LogP contribution in [0.15, 0.2) is 12.3 Å². The second-order valence-corrected chi connectivity index (χ2v) is 2.06. The van der Waals surface area contributed by atoms with Gasteiger partial charge in [0.15, 0.2) is 0 Å². The molecule has 0 fully saturated rings. The lowest BCUT2D eigenvalue weighted by Gasteiger charge is -2.01. The molecular weight excluding hydrogens is 160 g/mol. The zero-order chi connectivity index (χ0) is 8.97. The first-order chi connectivity index (χ1) is 5.75. The molecule has 0 atom stereocenters. The number of nitrogens with zero attached hydrogens (tertiary/aromatic N) is 2. The van der Waals surface area contributed by atoms with Gasteiger partial charge >= 0.3 is 0 Å². The summed E-state index contributed by atoms with van der Waals surface area (Å²) in [5, 5.41) is 3.79. The van der Waals surface area contributed by atoms with Gasteiger partial charge in [0.05, 0.1) is 0 Å². The molecule has 0 saturated heterocycles. The van der Waals surface area contributed by atoms with Gasteiger partial charge in [0, 0.05) is 13.2 Å². The molecule has 6 heteroatoms. The number of aryl methyl sites for hydroxylation is 1. The quantitative estimate of drug-likeness (QED) is 0.440. The summed E-state index contributed by atoms with van der Waals surface area (Å²) < 4.78 is 1.40. The van der Waals surface area contributed by atoms with E-state index in [1.54, 1.807) is 13.1 Å². The molecule has 0 bridgehead atoms. The number of hydrazine groups is 1. The van der Waals surface area contributed by atoms with Crippen molar-refractivity contribution < 1.29 is 9.59 Å². The minimum atomic E-state index is -0.401. The highest BCUT2D eigenvalue weighted by atomic mass is 16.2. The van der Waals surface area contributed by atoms with Crippen molar-refractivity contribution in [3.8, 4) is 0 Å². The van der Waals surface area contributed by atoms with Crippen LogP contribution in [0, 0.1) is 0 Å². The van der Waals surface area contributed by atoms with Crippen LogP contribution in [0.1, 0.15) is 10.5 Å². The first kappa shape index (κ1) is 8.25. The van der Waals surface area contributed by atoms with Gasteiger partial charge in [-0.05, 0) is 6.07 Å². The van der Waals surface area contributed by atoms with Crippen molar-refractivity contribution in [1.82, 2.24) is 20.6 Å².